The number of ether oxygens (including phenoxy) is 4. The van der Waals surface area contributed by atoms with Crippen LogP contribution >= 0.6 is 0 Å². The topological polar surface area (TPSA) is 138 Å². The molecule has 5 rings (SSSR count). The Hall–Kier alpha value is -4.76. The van der Waals surface area contributed by atoms with E-state index in [4.69, 9.17) is 18.9 Å². The van der Waals surface area contributed by atoms with Crippen LogP contribution in [0.4, 0.5) is 0 Å². The lowest BCUT2D eigenvalue weighted by Crippen LogP contribution is -2.20. The van der Waals surface area contributed by atoms with Crippen LogP contribution in [-0.4, -0.2) is 60.6 Å². The summed E-state index contributed by atoms with van der Waals surface area (Å²) in [5.74, 6) is -0.962. The molecule has 0 aromatic heterocycles. The molecule has 0 bridgehead atoms. The summed E-state index contributed by atoms with van der Waals surface area (Å²) < 4.78 is 22.2. The third-order valence-corrected chi connectivity index (χ3v) is 8.96. The number of methoxy groups -OCH3 is 4. The first-order chi connectivity index (χ1) is 21.6. The normalized spacial score (nSPS) is 17.9. The predicted octanol–water partition coefficient (Wildman–Crippen LogP) is 6.34. The van der Waals surface area contributed by atoms with Crippen molar-refractivity contribution in [3.63, 3.8) is 0 Å². The molecule has 238 valence electrons. The molecule has 9 heteroatoms. The highest BCUT2D eigenvalue weighted by molar-refractivity contribution is 5.63. The Morgan fingerprint density at radius 2 is 1.22 bits per heavy atom. The van der Waals surface area contributed by atoms with Gasteiger partial charge in [0.25, 0.3) is 0 Å². The summed E-state index contributed by atoms with van der Waals surface area (Å²) in [6, 6.07) is 15.9. The quantitative estimate of drug-likeness (QED) is 0.138. The zero-order valence-corrected chi connectivity index (χ0v) is 26.3. The highest BCUT2D eigenvalue weighted by Crippen LogP contribution is 2.64. The Bertz CT molecular complexity index is 1710. The second kappa shape index (κ2) is 12.7. The number of aromatic hydroxyl groups is 4. The number of aliphatic hydroxyl groups excluding tert-OH is 1. The molecule has 0 amide bonds. The smallest absolute Gasteiger partial charge is 0.161 e. The Balaban J connectivity index is 1.91. The van der Waals surface area contributed by atoms with Crippen molar-refractivity contribution in [3.05, 3.63) is 93.5 Å². The highest BCUT2D eigenvalue weighted by atomic mass is 16.5. The number of aliphatic hydroxyl groups is 1. The lowest BCUT2D eigenvalue weighted by Gasteiger charge is -2.34. The summed E-state index contributed by atoms with van der Waals surface area (Å²) in [7, 11) is 5.94. The molecule has 4 aromatic rings. The predicted molar refractivity (Wildman–Crippen MR) is 170 cm³/mol. The number of hydrogen-bond acceptors (Lipinski definition) is 9. The Morgan fingerprint density at radius 3 is 1.84 bits per heavy atom. The molecular formula is C36H40O9. The Kier molecular flexibility index (Phi) is 8.93. The molecule has 5 N–H and O–H groups in total. The van der Waals surface area contributed by atoms with E-state index < -0.39 is 23.7 Å². The van der Waals surface area contributed by atoms with Crippen molar-refractivity contribution in [2.45, 2.75) is 43.9 Å². The maximum atomic E-state index is 11.7. The number of phenolic OH excluding ortho intramolecular Hbond substituents is 4. The summed E-state index contributed by atoms with van der Waals surface area (Å²) in [6.45, 7) is 3.64. The first kappa shape index (κ1) is 31.7. The van der Waals surface area contributed by atoms with Gasteiger partial charge in [-0.1, -0.05) is 18.2 Å². The minimum absolute atomic E-state index is 0.0276. The van der Waals surface area contributed by atoms with Crippen LogP contribution in [0, 0.1) is 13.8 Å². The van der Waals surface area contributed by atoms with Crippen LogP contribution in [0.25, 0.3) is 0 Å². The second-order valence-corrected chi connectivity index (χ2v) is 11.5. The number of rotatable bonds is 10. The molecule has 0 heterocycles. The summed E-state index contributed by atoms with van der Waals surface area (Å²) in [5, 5.41) is 55.2. The van der Waals surface area contributed by atoms with Crippen LogP contribution in [0.5, 0.6) is 46.0 Å². The van der Waals surface area contributed by atoms with Crippen molar-refractivity contribution in [1.82, 2.24) is 0 Å². The van der Waals surface area contributed by atoms with Gasteiger partial charge >= 0.3 is 0 Å². The summed E-state index contributed by atoms with van der Waals surface area (Å²) >= 11 is 0. The van der Waals surface area contributed by atoms with Gasteiger partial charge in [0.2, 0.25) is 0 Å². The largest absolute Gasteiger partial charge is 0.504 e. The fraction of sp³-hybridized carbons (Fsp3) is 0.333. The van der Waals surface area contributed by atoms with E-state index in [9.17, 15) is 25.5 Å². The molecule has 0 spiro atoms. The fourth-order valence-corrected chi connectivity index (χ4v) is 7.09. The van der Waals surface area contributed by atoms with Gasteiger partial charge in [0, 0.05) is 29.6 Å². The van der Waals surface area contributed by atoms with Crippen LogP contribution in [0.1, 0.15) is 69.0 Å². The van der Waals surface area contributed by atoms with E-state index in [-0.39, 0.29) is 47.5 Å². The molecule has 1 aliphatic rings. The molecule has 0 saturated carbocycles. The van der Waals surface area contributed by atoms with Crippen molar-refractivity contribution in [1.29, 1.82) is 0 Å². The van der Waals surface area contributed by atoms with Crippen molar-refractivity contribution in [3.8, 4) is 46.0 Å². The Morgan fingerprint density at radius 1 is 0.622 bits per heavy atom. The zero-order chi connectivity index (χ0) is 32.6. The van der Waals surface area contributed by atoms with Crippen LogP contribution in [0.2, 0.25) is 0 Å². The summed E-state index contributed by atoms with van der Waals surface area (Å²) in [5.41, 5.74) is 5.22. The number of aryl methyl sites for hydroxylation is 2. The molecule has 1 aliphatic carbocycles. The van der Waals surface area contributed by atoms with Gasteiger partial charge in [0.05, 0.1) is 28.4 Å². The van der Waals surface area contributed by atoms with E-state index in [0.717, 1.165) is 27.8 Å². The number of fused-ring (bicyclic) bond motifs is 1. The van der Waals surface area contributed by atoms with Gasteiger partial charge in [0.1, 0.15) is 0 Å². The molecule has 9 nitrogen and oxygen atoms in total. The summed E-state index contributed by atoms with van der Waals surface area (Å²) in [6.07, 6.45) is 0.263. The van der Waals surface area contributed by atoms with Crippen LogP contribution in [0.15, 0.2) is 54.6 Å². The number of phenols is 4. The summed E-state index contributed by atoms with van der Waals surface area (Å²) in [4.78, 5) is 0. The van der Waals surface area contributed by atoms with E-state index in [1.807, 2.05) is 26.0 Å². The molecule has 4 unspecified atom stereocenters. The number of hydrogen-bond donors (Lipinski definition) is 5. The van der Waals surface area contributed by atoms with E-state index in [2.05, 4.69) is 0 Å². The first-order valence-corrected chi connectivity index (χ1v) is 14.7. The third-order valence-electron chi connectivity index (χ3n) is 8.96. The third kappa shape index (κ3) is 5.53. The van der Waals surface area contributed by atoms with Crippen molar-refractivity contribution in [2.24, 2.45) is 0 Å². The maximum Gasteiger partial charge on any atom is 0.161 e. The van der Waals surface area contributed by atoms with Crippen molar-refractivity contribution >= 4 is 0 Å². The van der Waals surface area contributed by atoms with Gasteiger partial charge in [-0.15, -0.1) is 0 Å². The van der Waals surface area contributed by atoms with Crippen molar-refractivity contribution in [2.75, 3.05) is 35.0 Å². The zero-order valence-electron chi connectivity index (χ0n) is 26.3. The van der Waals surface area contributed by atoms with Crippen LogP contribution in [-0.2, 0) is 0 Å². The first-order valence-electron chi connectivity index (χ1n) is 14.7. The molecule has 4 atom stereocenters. The van der Waals surface area contributed by atoms with E-state index in [1.54, 1.807) is 42.5 Å². The number of benzene rings is 4. The van der Waals surface area contributed by atoms with Gasteiger partial charge < -0.3 is 44.5 Å². The Labute approximate surface area is 262 Å². The van der Waals surface area contributed by atoms with Gasteiger partial charge in [-0.2, -0.15) is 0 Å². The lowest BCUT2D eigenvalue weighted by atomic mass is 9.69. The highest BCUT2D eigenvalue weighted by Gasteiger charge is 2.48. The standard InChI is InChI=1S/C36H40O9/c1-18-11-24(35(40)30(13-18)44-5)21(9-10-37)33-23-17-29(43-4)27(39)16-22(23)32(20-7-8-26(38)28(15-20)42-3)34(33)25-12-19(2)14-31(45-6)36(25)41/h7-8,11-17,21,32-34,37-41H,9-10H2,1-6H3. The second-order valence-electron chi connectivity index (χ2n) is 11.5. The molecule has 0 aliphatic heterocycles. The molecule has 4 aromatic carbocycles. The molecular weight excluding hydrogens is 576 g/mol. The fourth-order valence-electron chi connectivity index (χ4n) is 7.09. The van der Waals surface area contributed by atoms with Gasteiger partial charge in [-0.25, -0.2) is 0 Å². The lowest BCUT2D eigenvalue weighted by molar-refractivity contribution is 0.259. The monoisotopic (exact) mass is 616 g/mol. The molecule has 45 heavy (non-hydrogen) atoms. The maximum absolute atomic E-state index is 11.7. The van der Waals surface area contributed by atoms with E-state index >= 15 is 0 Å². The molecule has 0 saturated heterocycles. The van der Waals surface area contributed by atoms with Crippen LogP contribution in [0.3, 0.4) is 0 Å². The average Bonchev–Trinajstić information content (AvgIpc) is 3.34. The molecule has 0 radical (unpaired) electrons. The minimum Gasteiger partial charge on any atom is -0.504 e. The SMILES string of the molecule is COc1cc(C2c3cc(O)c(OC)cc3C(C(CCO)c3cc(C)cc(OC)c3O)C2c2cc(C)cc(OC)c2O)ccc1O. The van der Waals surface area contributed by atoms with Gasteiger partial charge in [-0.05, 0) is 96.3 Å². The van der Waals surface area contributed by atoms with Gasteiger partial charge in [0.15, 0.2) is 46.0 Å². The van der Waals surface area contributed by atoms with Crippen molar-refractivity contribution < 1.29 is 44.5 Å². The van der Waals surface area contributed by atoms with Gasteiger partial charge in [-0.3, -0.25) is 0 Å². The minimum atomic E-state index is -0.517. The van der Waals surface area contributed by atoms with E-state index in [0.29, 0.717) is 22.6 Å². The molecule has 0 fully saturated rings. The van der Waals surface area contributed by atoms with E-state index in [1.165, 1.54) is 28.4 Å². The van der Waals surface area contributed by atoms with Crippen LogP contribution < -0.4 is 18.9 Å². The average molecular weight is 617 g/mol.